The van der Waals surface area contributed by atoms with Crippen LogP contribution in [0.4, 0.5) is 17.3 Å². The van der Waals surface area contributed by atoms with E-state index in [-0.39, 0.29) is 17.8 Å². The second-order valence-corrected chi connectivity index (χ2v) is 8.14. The number of likely N-dealkylation sites (tertiary alicyclic amines) is 1. The molecule has 2 aliphatic heterocycles. The number of rotatable bonds is 6. The van der Waals surface area contributed by atoms with E-state index in [0.29, 0.717) is 30.3 Å². The summed E-state index contributed by atoms with van der Waals surface area (Å²) in [7, 11) is 1.57. The van der Waals surface area contributed by atoms with Crippen LogP contribution < -0.4 is 20.7 Å². The van der Waals surface area contributed by atoms with Gasteiger partial charge in [-0.05, 0) is 43.5 Å². The quantitative estimate of drug-likeness (QED) is 0.602. The number of aryl methyl sites for hydroxylation is 1. The van der Waals surface area contributed by atoms with Crippen LogP contribution in [0.3, 0.4) is 0 Å². The number of carbonyl (C=O) groups excluding carboxylic acids is 2. The van der Waals surface area contributed by atoms with Crippen LogP contribution in [0.5, 0.6) is 5.88 Å². The van der Waals surface area contributed by atoms with Gasteiger partial charge in [-0.25, -0.2) is 4.98 Å². The van der Waals surface area contributed by atoms with E-state index >= 15 is 0 Å². The number of nitrogens with one attached hydrogen (secondary N) is 1. The molecule has 35 heavy (non-hydrogen) atoms. The molecule has 0 unspecified atom stereocenters. The molecule has 3 heterocycles. The molecule has 10 nitrogen and oxygen atoms in total. The topological polar surface area (TPSA) is 123 Å². The van der Waals surface area contributed by atoms with E-state index in [9.17, 15) is 9.59 Å². The molecule has 0 radical (unpaired) electrons. The molecule has 2 aromatic rings. The van der Waals surface area contributed by atoms with Crippen molar-refractivity contribution in [2.45, 2.75) is 26.2 Å². The minimum absolute atomic E-state index is 0.0589. The Hall–Kier alpha value is -3.66. The van der Waals surface area contributed by atoms with Crippen molar-refractivity contribution < 1.29 is 19.1 Å². The number of benzene rings is 1. The molecule has 188 valence electrons. The lowest BCUT2D eigenvalue weighted by molar-refractivity contribution is -0.111. The number of anilines is 3. The molecule has 3 N–H and O–H groups in total. The summed E-state index contributed by atoms with van der Waals surface area (Å²) in [6.45, 7) is 9.89. The van der Waals surface area contributed by atoms with Crippen LogP contribution in [0.25, 0.3) is 0 Å². The largest absolute Gasteiger partial charge is 0.481 e. The number of aromatic nitrogens is 2. The van der Waals surface area contributed by atoms with Crippen molar-refractivity contribution in [1.82, 2.24) is 14.9 Å². The van der Waals surface area contributed by atoms with E-state index < -0.39 is 0 Å². The van der Waals surface area contributed by atoms with Crippen LogP contribution in [0.2, 0.25) is 0 Å². The fourth-order valence-corrected chi connectivity index (χ4v) is 3.95. The van der Waals surface area contributed by atoms with Crippen molar-refractivity contribution in [2.75, 3.05) is 62.5 Å². The Bertz CT molecular complexity index is 1030. The molecule has 0 saturated carbocycles. The first kappa shape index (κ1) is 26.0. The van der Waals surface area contributed by atoms with E-state index in [4.69, 9.17) is 15.2 Å². The second-order valence-electron chi connectivity index (χ2n) is 8.14. The highest BCUT2D eigenvalue weighted by Gasteiger charge is 2.22. The van der Waals surface area contributed by atoms with Gasteiger partial charge in [-0.2, -0.15) is 4.98 Å². The maximum Gasteiger partial charge on any atom is 0.253 e. The summed E-state index contributed by atoms with van der Waals surface area (Å²) < 4.78 is 10.4. The highest BCUT2D eigenvalue weighted by Crippen LogP contribution is 2.29. The second kappa shape index (κ2) is 12.7. The Labute approximate surface area is 206 Å². The zero-order chi connectivity index (χ0) is 25.2. The Morgan fingerprint density at radius 3 is 2.57 bits per heavy atom. The first-order valence-corrected chi connectivity index (χ1v) is 11.8. The van der Waals surface area contributed by atoms with Crippen LogP contribution >= 0.6 is 0 Å². The van der Waals surface area contributed by atoms with Gasteiger partial charge in [-0.3, -0.25) is 9.59 Å². The number of nitrogens with zero attached hydrogens (tertiary/aromatic N) is 4. The molecular weight excluding hydrogens is 448 g/mol. The van der Waals surface area contributed by atoms with Gasteiger partial charge in [0.15, 0.2) is 0 Å². The number of hydrogen-bond donors (Lipinski definition) is 2. The summed E-state index contributed by atoms with van der Waals surface area (Å²) >= 11 is 0. The number of nitrogens with two attached hydrogens (primary N) is 1. The highest BCUT2D eigenvalue weighted by molar-refractivity contribution is 6.03. The summed E-state index contributed by atoms with van der Waals surface area (Å²) in [6.07, 6.45) is 5.90. The van der Waals surface area contributed by atoms with Crippen LogP contribution in [-0.4, -0.2) is 73.2 Å². The molecule has 2 aliphatic rings. The van der Waals surface area contributed by atoms with Crippen molar-refractivity contribution in [2.24, 2.45) is 0 Å². The molecule has 2 saturated heterocycles. The van der Waals surface area contributed by atoms with Crippen molar-refractivity contribution in [1.29, 1.82) is 0 Å². The SMILES string of the molecule is C=CC(=O)Nc1ccc(C(=O)N2CCCC2)cc1N1CCOCC1.CCc1cnc(N)nc1OC. The van der Waals surface area contributed by atoms with Gasteiger partial charge in [0.2, 0.25) is 17.7 Å². The van der Waals surface area contributed by atoms with Crippen molar-refractivity contribution >= 4 is 29.1 Å². The fraction of sp³-hybridized carbons (Fsp3) is 0.440. The predicted molar refractivity (Wildman–Crippen MR) is 136 cm³/mol. The molecular formula is C25H34N6O4. The molecule has 2 amide bonds. The number of methoxy groups -OCH3 is 1. The minimum Gasteiger partial charge on any atom is -0.481 e. The Morgan fingerprint density at radius 2 is 1.94 bits per heavy atom. The Balaban J connectivity index is 0.000000261. The maximum absolute atomic E-state index is 12.7. The molecule has 2 fully saturated rings. The van der Waals surface area contributed by atoms with E-state index in [1.807, 2.05) is 17.9 Å². The van der Waals surface area contributed by atoms with E-state index in [2.05, 4.69) is 26.8 Å². The van der Waals surface area contributed by atoms with Crippen molar-refractivity contribution in [3.8, 4) is 5.88 Å². The van der Waals surface area contributed by atoms with Gasteiger partial charge in [0.05, 0.1) is 31.7 Å². The summed E-state index contributed by atoms with van der Waals surface area (Å²) in [6, 6.07) is 5.46. The maximum atomic E-state index is 12.7. The molecule has 0 aliphatic carbocycles. The van der Waals surface area contributed by atoms with E-state index in [1.165, 1.54) is 6.08 Å². The smallest absolute Gasteiger partial charge is 0.253 e. The average Bonchev–Trinajstić information content (AvgIpc) is 3.44. The third-order valence-electron chi connectivity index (χ3n) is 5.85. The average molecular weight is 483 g/mol. The summed E-state index contributed by atoms with van der Waals surface area (Å²) in [5, 5.41) is 2.83. The normalized spacial score (nSPS) is 15.1. The van der Waals surface area contributed by atoms with Gasteiger partial charge >= 0.3 is 0 Å². The lowest BCUT2D eigenvalue weighted by Gasteiger charge is -2.31. The van der Waals surface area contributed by atoms with Gasteiger partial charge in [-0.1, -0.05) is 13.5 Å². The molecule has 0 atom stereocenters. The van der Waals surface area contributed by atoms with Gasteiger partial charge in [0.25, 0.3) is 5.91 Å². The molecule has 10 heteroatoms. The first-order valence-electron chi connectivity index (χ1n) is 11.8. The predicted octanol–water partition coefficient (Wildman–Crippen LogP) is 2.51. The van der Waals surface area contributed by atoms with E-state index in [0.717, 1.165) is 56.7 Å². The fourth-order valence-electron chi connectivity index (χ4n) is 3.95. The summed E-state index contributed by atoms with van der Waals surface area (Å²) in [4.78, 5) is 36.1. The number of morpholine rings is 1. The van der Waals surface area contributed by atoms with E-state index in [1.54, 1.807) is 25.4 Å². The monoisotopic (exact) mass is 482 g/mol. The molecule has 0 spiro atoms. The van der Waals surface area contributed by atoms with Gasteiger partial charge < -0.3 is 30.3 Å². The minimum atomic E-state index is -0.261. The molecule has 1 aromatic heterocycles. The summed E-state index contributed by atoms with van der Waals surface area (Å²) in [5.41, 5.74) is 8.55. The Kier molecular flexibility index (Phi) is 9.42. The van der Waals surface area contributed by atoms with Crippen LogP contribution in [0.15, 0.2) is 37.1 Å². The van der Waals surface area contributed by atoms with Crippen molar-refractivity contribution in [3.63, 3.8) is 0 Å². The third-order valence-corrected chi connectivity index (χ3v) is 5.85. The van der Waals surface area contributed by atoms with Crippen LogP contribution in [0, 0.1) is 0 Å². The van der Waals surface area contributed by atoms with Crippen LogP contribution in [-0.2, 0) is 16.0 Å². The third kappa shape index (κ3) is 6.92. The lowest BCUT2D eigenvalue weighted by atomic mass is 10.1. The molecule has 4 rings (SSSR count). The zero-order valence-electron chi connectivity index (χ0n) is 20.5. The van der Waals surface area contributed by atoms with Gasteiger partial charge in [-0.15, -0.1) is 0 Å². The number of carbonyl (C=O) groups is 2. The number of amides is 2. The summed E-state index contributed by atoms with van der Waals surface area (Å²) in [5.74, 6) is 0.616. The molecule has 0 bridgehead atoms. The van der Waals surface area contributed by atoms with Crippen LogP contribution in [0.1, 0.15) is 35.7 Å². The molecule has 1 aromatic carbocycles. The number of hydrogen-bond acceptors (Lipinski definition) is 8. The highest BCUT2D eigenvalue weighted by atomic mass is 16.5. The lowest BCUT2D eigenvalue weighted by Crippen LogP contribution is -2.37. The Morgan fingerprint density at radius 1 is 1.23 bits per heavy atom. The standard InChI is InChI=1S/C18H23N3O3.C7H11N3O/c1-2-17(22)19-15-6-5-14(18(23)21-7-3-4-8-21)13-16(15)20-9-11-24-12-10-20;1-3-5-4-9-7(8)10-6(5)11-2/h2,5-6,13H,1,3-4,7-12H2,(H,19,22);4H,3H2,1-2H3,(H2,8,9,10). The van der Waals surface area contributed by atoms with Gasteiger partial charge in [0.1, 0.15) is 0 Å². The first-order chi connectivity index (χ1) is 17.0. The number of ether oxygens (including phenoxy) is 2. The number of nitrogen functional groups attached to an aromatic ring is 1. The zero-order valence-corrected chi connectivity index (χ0v) is 20.5. The van der Waals surface area contributed by atoms with Gasteiger partial charge in [0, 0.05) is 43.5 Å². The van der Waals surface area contributed by atoms with Crippen molar-refractivity contribution in [3.05, 3.63) is 48.2 Å².